The lowest BCUT2D eigenvalue weighted by molar-refractivity contribution is -0.142. The zero-order valence-electron chi connectivity index (χ0n) is 9.58. The van der Waals surface area contributed by atoms with E-state index >= 15 is 0 Å². The minimum Gasteiger partial charge on any atom is -0.463 e. The molecule has 0 bridgehead atoms. The topological polar surface area (TPSA) is 54.0 Å². The van der Waals surface area contributed by atoms with E-state index in [9.17, 15) is 4.79 Å². The third-order valence-electron chi connectivity index (χ3n) is 1.50. The van der Waals surface area contributed by atoms with Crippen LogP contribution in [0, 0.1) is 0 Å². The first-order chi connectivity index (χ1) is 7.77. The fourth-order valence-electron chi connectivity index (χ4n) is 0.841. The second-order valence-electron chi connectivity index (χ2n) is 2.87. The summed E-state index contributed by atoms with van der Waals surface area (Å²) in [5.41, 5.74) is 0. The summed E-state index contributed by atoms with van der Waals surface area (Å²) in [4.78, 5) is 10.4. The third kappa shape index (κ3) is 13.8. The van der Waals surface area contributed by atoms with Gasteiger partial charge >= 0.3 is 5.97 Å². The van der Waals surface area contributed by atoms with E-state index in [1.54, 1.807) is 0 Å². The van der Waals surface area contributed by atoms with Gasteiger partial charge in [0.1, 0.15) is 6.61 Å². The van der Waals surface area contributed by atoms with Gasteiger partial charge in [-0.3, -0.25) is 4.79 Å². The Morgan fingerprint density at radius 3 is 1.75 bits per heavy atom. The molecule has 96 valence electrons. The van der Waals surface area contributed by atoms with Crippen LogP contribution in [0.3, 0.4) is 0 Å². The number of carbonyl (C=O) groups excluding carboxylic acids is 1. The molecule has 16 heavy (non-hydrogen) atoms. The summed E-state index contributed by atoms with van der Waals surface area (Å²) in [6.45, 7) is 4.96. The van der Waals surface area contributed by atoms with E-state index in [0.717, 1.165) is 5.33 Å². The van der Waals surface area contributed by atoms with Crippen molar-refractivity contribution in [2.75, 3.05) is 51.6 Å². The van der Waals surface area contributed by atoms with E-state index in [-0.39, 0.29) is 5.97 Å². The molecule has 0 N–H and O–H groups in total. The summed E-state index contributed by atoms with van der Waals surface area (Å²) in [5, 5.41) is 0.840. The minimum absolute atomic E-state index is 0.288. The Morgan fingerprint density at radius 1 is 0.875 bits per heavy atom. The van der Waals surface area contributed by atoms with Gasteiger partial charge in [-0.05, 0) is 0 Å². The van der Waals surface area contributed by atoms with Gasteiger partial charge in [-0.25, -0.2) is 0 Å². The van der Waals surface area contributed by atoms with Crippen LogP contribution in [0.5, 0.6) is 0 Å². The second-order valence-corrected chi connectivity index (χ2v) is 3.66. The van der Waals surface area contributed by atoms with Gasteiger partial charge in [0.25, 0.3) is 0 Å². The van der Waals surface area contributed by atoms with E-state index < -0.39 is 0 Å². The maximum Gasteiger partial charge on any atom is 0.302 e. The predicted molar refractivity (Wildman–Crippen MR) is 62.9 cm³/mol. The number of esters is 1. The highest BCUT2D eigenvalue weighted by molar-refractivity contribution is 9.09. The number of ether oxygens (including phenoxy) is 4. The highest BCUT2D eigenvalue weighted by Gasteiger charge is 1.93. The van der Waals surface area contributed by atoms with Gasteiger partial charge in [0.15, 0.2) is 0 Å². The zero-order chi connectivity index (χ0) is 12.1. The Morgan fingerprint density at radius 2 is 1.31 bits per heavy atom. The first-order valence-corrected chi connectivity index (χ1v) is 6.32. The molecule has 0 spiro atoms. The Kier molecular flexibility index (Phi) is 12.8. The van der Waals surface area contributed by atoms with Crippen molar-refractivity contribution >= 4 is 21.9 Å². The molecule has 0 aromatic carbocycles. The van der Waals surface area contributed by atoms with Crippen LogP contribution < -0.4 is 0 Å². The molecular weight excluding hydrogens is 280 g/mol. The van der Waals surface area contributed by atoms with Crippen molar-refractivity contribution < 1.29 is 23.7 Å². The molecule has 0 aliphatic rings. The maximum atomic E-state index is 10.4. The molecule has 0 aliphatic heterocycles. The van der Waals surface area contributed by atoms with Crippen molar-refractivity contribution in [2.24, 2.45) is 0 Å². The zero-order valence-corrected chi connectivity index (χ0v) is 11.2. The quantitative estimate of drug-likeness (QED) is 0.323. The van der Waals surface area contributed by atoms with E-state index in [4.69, 9.17) is 14.2 Å². The first kappa shape index (κ1) is 15.8. The predicted octanol–water partition coefficient (Wildman–Crippen LogP) is 0.994. The van der Waals surface area contributed by atoms with Crippen LogP contribution in [0.15, 0.2) is 0 Å². The Hall–Kier alpha value is -0.170. The average Bonchev–Trinajstić information content (AvgIpc) is 2.25. The summed E-state index contributed by atoms with van der Waals surface area (Å²) in [6.07, 6.45) is 0. The summed E-state index contributed by atoms with van der Waals surface area (Å²) >= 11 is 3.26. The molecule has 0 unspecified atom stereocenters. The Bertz CT molecular complexity index is 165. The molecular formula is C10H19BrO5. The molecule has 0 amide bonds. The van der Waals surface area contributed by atoms with Crippen LogP contribution in [0.1, 0.15) is 6.92 Å². The largest absolute Gasteiger partial charge is 0.463 e. The molecule has 6 heteroatoms. The van der Waals surface area contributed by atoms with Crippen LogP contribution in [0.25, 0.3) is 0 Å². The highest BCUT2D eigenvalue weighted by Crippen LogP contribution is 1.84. The number of rotatable bonds is 11. The van der Waals surface area contributed by atoms with Crippen LogP contribution in [-0.4, -0.2) is 57.5 Å². The third-order valence-corrected chi connectivity index (χ3v) is 1.82. The lowest BCUT2D eigenvalue weighted by Gasteiger charge is -2.06. The molecule has 0 aliphatic carbocycles. The van der Waals surface area contributed by atoms with Crippen molar-refractivity contribution in [1.29, 1.82) is 0 Å². The lowest BCUT2D eigenvalue weighted by atomic mass is 10.7. The normalized spacial score (nSPS) is 10.4. The SMILES string of the molecule is CC(=O)OCCOCCOCCOCCBr. The fraction of sp³-hybridized carbons (Fsp3) is 0.900. The summed E-state index contributed by atoms with van der Waals surface area (Å²) in [6, 6.07) is 0. The van der Waals surface area contributed by atoms with Gasteiger partial charge in [-0.1, -0.05) is 15.9 Å². The monoisotopic (exact) mass is 298 g/mol. The van der Waals surface area contributed by atoms with Gasteiger partial charge in [0.2, 0.25) is 0 Å². The molecule has 5 nitrogen and oxygen atoms in total. The summed E-state index contributed by atoms with van der Waals surface area (Å²) in [5.74, 6) is -0.288. The van der Waals surface area contributed by atoms with Crippen LogP contribution in [0.2, 0.25) is 0 Å². The second kappa shape index (κ2) is 12.9. The lowest BCUT2D eigenvalue weighted by Crippen LogP contribution is -2.13. The van der Waals surface area contributed by atoms with Gasteiger partial charge in [-0.2, -0.15) is 0 Å². The average molecular weight is 299 g/mol. The van der Waals surface area contributed by atoms with Gasteiger partial charge in [-0.15, -0.1) is 0 Å². The maximum absolute atomic E-state index is 10.4. The van der Waals surface area contributed by atoms with Crippen molar-refractivity contribution in [2.45, 2.75) is 6.92 Å². The molecule has 0 saturated carbocycles. The molecule has 0 aromatic rings. The molecule has 0 saturated heterocycles. The van der Waals surface area contributed by atoms with E-state index in [1.807, 2.05) is 0 Å². The molecule has 0 radical (unpaired) electrons. The number of halogens is 1. The molecule has 0 atom stereocenters. The summed E-state index contributed by atoms with van der Waals surface area (Å²) < 4.78 is 20.3. The van der Waals surface area contributed by atoms with Crippen LogP contribution in [-0.2, 0) is 23.7 Å². The first-order valence-electron chi connectivity index (χ1n) is 5.20. The molecule has 0 rings (SSSR count). The fourth-order valence-corrected chi connectivity index (χ4v) is 1.07. The standard InChI is InChI=1S/C10H19BrO5/c1-10(12)16-9-8-15-7-6-14-5-4-13-3-2-11/h2-9H2,1H3. The Labute approximate surface area is 105 Å². The number of hydrogen-bond acceptors (Lipinski definition) is 5. The number of alkyl halides is 1. The van der Waals surface area contributed by atoms with Crippen molar-refractivity contribution in [3.05, 3.63) is 0 Å². The van der Waals surface area contributed by atoms with Crippen LogP contribution in [0.4, 0.5) is 0 Å². The molecule has 0 heterocycles. The van der Waals surface area contributed by atoms with E-state index in [1.165, 1.54) is 6.92 Å². The summed E-state index contributed by atoms with van der Waals surface area (Å²) in [7, 11) is 0. The van der Waals surface area contributed by atoms with E-state index in [2.05, 4.69) is 20.7 Å². The smallest absolute Gasteiger partial charge is 0.302 e. The van der Waals surface area contributed by atoms with Crippen molar-refractivity contribution in [3.8, 4) is 0 Å². The molecule has 0 aromatic heterocycles. The number of carbonyl (C=O) groups is 1. The van der Waals surface area contributed by atoms with Crippen LogP contribution >= 0.6 is 15.9 Å². The van der Waals surface area contributed by atoms with Gasteiger partial charge in [0, 0.05) is 12.3 Å². The Balaban J connectivity index is 2.90. The minimum atomic E-state index is -0.288. The van der Waals surface area contributed by atoms with Gasteiger partial charge < -0.3 is 18.9 Å². The molecule has 0 fully saturated rings. The highest BCUT2D eigenvalue weighted by atomic mass is 79.9. The van der Waals surface area contributed by atoms with E-state index in [0.29, 0.717) is 46.2 Å². The van der Waals surface area contributed by atoms with Crippen molar-refractivity contribution in [1.82, 2.24) is 0 Å². The van der Waals surface area contributed by atoms with Crippen molar-refractivity contribution in [3.63, 3.8) is 0 Å². The van der Waals surface area contributed by atoms with Gasteiger partial charge in [0.05, 0.1) is 39.6 Å². The number of hydrogen-bond donors (Lipinski definition) is 0.